The number of furan rings is 2. The van der Waals surface area contributed by atoms with E-state index in [1.54, 1.807) is 0 Å². The predicted molar refractivity (Wildman–Crippen MR) is 247 cm³/mol. The van der Waals surface area contributed by atoms with Gasteiger partial charge in [-0.25, -0.2) is 0 Å². The molecule has 0 fully saturated rings. The van der Waals surface area contributed by atoms with E-state index in [1.807, 2.05) is 12.1 Å². The van der Waals surface area contributed by atoms with Crippen LogP contribution in [0.25, 0.3) is 121 Å². The monoisotopic (exact) mass is 752 g/mol. The van der Waals surface area contributed by atoms with E-state index in [1.165, 1.54) is 76.8 Å². The summed E-state index contributed by atoms with van der Waals surface area (Å²) >= 11 is 0. The number of hydrogen-bond donors (Lipinski definition) is 0. The van der Waals surface area contributed by atoms with Crippen molar-refractivity contribution < 1.29 is 8.83 Å². The molecule has 2 nitrogen and oxygen atoms in total. The van der Waals surface area contributed by atoms with Crippen molar-refractivity contribution in [2.75, 3.05) is 0 Å². The fraction of sp³-hybridized carbons (Fsp3) is 0.0526. The molecule has 13 rings (SSSR count). The molecule has 0 saturated heterocycles. The average Bonchev–Trinajstić information content (AvgIpc) is 3.91. The van der Waals surface area contributed by atoms with Crippen LogP contribution in [0, 0.1) is 0 Å². The van der Waals surface area contributed by atoms with Crippen LogP contribution >= 0.6 is 0 Å². The molecule has 0 amide bonds. The zero-order valence-corrected chi connectivity index (χ0v) is 32.6. The van der Waals surface area contributed by atoms with E-state index in [4.69, 9.17) is 8.83 Å². The molecule has 0 radical (unpaired) electrons. The summed E-state index contributed by atoms with van der Waals surface area (Å²) in [4.78, 5) is 0. The Balaban J connectivity index is 0.974. The van der Waals surface area contributed by atoms with E-state index in [9.17, 15) is 0 Å². The van der Waals surface area contributed by atoms with Gasteiger partial charge in [0.1, 0.15) is 22.3 Å². The third kappa shape index (κ3) is 4.52. The summed E-state index contributed by atoms with van der Waals surface area (Å²) in [5.41, 5.74) is 16.2. The number of fused-ring (bicyclic) bond motifs is 13. The van der Waals surface area contributed by atoms with Gasteiger partial charge in [-0.05, 0) is 112 Å². The number of para-hydroxylation sites is 1. The van der Waals surface area contributed by atoms with Crippen LogP contribution in [0.4, 0.5) is 0 Å². The molecule has 2 aromatic heterocycles. The van der Waals surface area contributed by atoms with E-state index in [0.717, 1.165) is 55.0 Å². The number of benzene rings is 10. The highest BCUT2D eigenvalue weighted by atomic mass is 16.3. The summed E-state index contributed by atoms with van der Waals surface area (Å²) in [5.74, 6) is 0. The molecule has 0 spiro atoms. The van der Waals surface area contributed by atoms with Gasteiger partial charge in [0.05, 0.1) is 0 Å². The van der Waals surface area contributed by atoms with Gasteiger partial charge in [-0.15, -0.1) is 0 Å². The van der Waals surface area contributed by atoms with Crippen LogP contribution < -0.4 is 0 Å². The Labute approximate surface area is 340 Å². The first-order valence-corrected chi connectivity index (χ1v) is 20.5. The van der Waals surface area contributed by atoms with E-state index in [-0.39, 0.29) is 5.41 Å². The summed E-state index contributed by atoms with van der Waals surface area (Å²) in [6, 6.07) is 66.6. The lowest BCUT2D eigenvalue weighted by molar-refractivity contribution is 0.656. The van der Waals surface area contributed by atoms with E-state index in [2.05, 4.69) is 184 Å². The third-order valence-corrected chi connectivity index (χ3v) is 13.3. The molecule has 1 aliphatic rings. The van der Waals surface area contributed by atoms with Gasteiger partial charge in [-0.3, -0.25) is 0 Å². The first-order valence-electron chi connectivity index (χ1n) is 20.5. The Morgan fingerprint density at radius 2 is 0.831 bits per heavy atom. The summed E-state index contributed by atoms with van der Waals surface area (Å²) in [6.07, 6.45) is 0. The molecule has 0 N–H and O–H groups in total. The van der Waals surface area contributed by atoms with Crippen molar-refractivity contribution in [3.05, 3.63) is 193 Å². The minimum Gasteiger partial charge on any atom is -0.456 e. The van der Waals surface area contributed by atoms with Gasteiger partial charge in [-0.1, -0.05) is 166 Å². The fourth-order valence-corrected chi connectivity index (χ4v) is 10.5. The SMILES string of the molecule is CC1(C)c2ccccc2-c2cc(-c3c4ccccc4c(-c4ccc(-c5cc6oc7cc8oc9ccccc9c8cc7c6c6ccccc56)cc4)c4ccccc34)ccc21. The summed E-state index contributed by atoms with van der Waals surface area (Å²) in [7, 11) is 0. The van der Waals surface area contributed by atoms with Crippen molar-refractivity contribution in [2.45, 2.75) is 19.3 Å². The van der Waals surface area contributed by atoms with Crippen LogP contribution in [-0.2, 0) is 5.41 Å². The minimum atomic E-state index is -0.0301. The summed E-state index contributed by atoms with van der Waals surface area (Å²) in [6.45, 7) is 4.70. The number of hydrogen-bond acceptors (Lipinski definition) is 2. The first kappa shape index (κ1) is 32.6. The Morgan fingerprint density at radius 1 is 0.305 bits per heavy atom. The summed E-state index contributed by atoms with van der Waals surface area (Å²) < 4.78 is 12.9. The van der Waals surface area contributed by atoms with Crippen molar-refractivity contribution in [2.24, 2.45) is 0 Å². The number of rotatable bonds is 3. The predicted octanol–water partition coefficient (Wildman–Crippen LogP) is 16.3. The van der Waals surface area contributed by atoms with Crippen molar-refractivity contribution in [3.63, 3.8) is 0 Å². The molecule has 0 saturated carbocycles. The quantitative estimate of drug-likeness (QED) is 0.168. The van der Waals surface area contributed by atoms with Crippen LogP contribution in [0.15, 0.2) is 191 Å². The lowest BCUT2D eigenvalue weighted by atomic mass is 9.81. The van der Waals surface area contributed by atoms with Crippen LogP contribution in [0.1, 0.15) is 25.0 Å². The van der Waals surface area contributed by atoms with Crippen LogP contribution in [-0.4, -0.2) is 0 Å². The van der Waals surface area contributed by atoms with Crippen molar-refractivity contribution in [3.8, 4) is 44.5 Å². The van der Waals surface area contributed by atoms with E-state index < -0.39 is 0 Å². The van der Waals surface area contributed by atoms with Gasteiger partial charge in [-0.2, -0.15) is 0 Å². The maximum Gasteiger partial charge on any atom is 0.139 e. The fourth-order valence-electron chi connectivity index (χ4n) is 10.5. The maximum atomic E-state index is 6.66. The molecule has 12 aromatic rings. The topological polar surface area (TPSA) is 26.3 Å². The summed E-state index contributed by atoms with van der Waals surface area (Å²) in [5, 5.41) is 11.9. The molecule has 276 valence electrons. The van der Waals surface area contributed by atoms with Crippen LogP contribution in [0.2, 0.25) is 0 Å². The van der Waals surface area contributed by atoms with Gasteiger partial charge in [0.25, 0.3) is 0 Å². The molecule has 0 unspecified atom stereocenters. The highest BCUT2D eigenvalue weighted by molar-refractivity contribution is 6.25. The zero-order valence-electron chi connectivity index (χ0n) is 32.6. The standard InChI is InChI=1S/C57H36O2/c1-57(2)48-21-11-9-14-37(48)45-29-35(27-28-49(45)57)55-42-19-7-5-17-40(42)54(41-18-6-8-20-43(41)55)34-25-23-33(24-26-34)44-31-53-56(39-16-4-3-13-36(39)44)47-30-46-38-15-10-12-22-50(38)58-51(46)32-52(47)59-53/h3-32H,1-2H3. The lowest BCUT2D eigenvalue weighted by Crippen LogP contribution is -2.14. The van der Waals surface area contributed by atoms with Crippen molar-refractivity contribution in [1.82, 2.24) is 0 Å². The largest absolute Gasteiger partial charge is 0.456 e. The molecule has 0 bridgehead atoms. The molecular weight excluding hydrogens is 717 g/mol. The van der Waals surface area contributed by atoms with Gasteiger partial charge in [0, 0.05) is 33.0 Å². The Morgan fingerprint density at radius 3 is 1.56 bits per heavy atom. The molecule has 2 heteroatoms. The molecule has 1 aliphatic carbocycles. The molecule has 59 heavy (non-hydrogen) atoms. The second-order valence-corrected chi connectivity index (χ2v) is 16.7. The average molecular weight is 753 g/mol. The van der Waals surface area contributed by atoms with E-state index >= 15 is 0 Å². The van der Waals surface area contributed by atoms with Crippen molar-refractivity contribution >= 4 is 76.2 Å². The second kappa shape index (κ2) is 11.8. The van der Waals surface area contributed by atoms with Gasteiger partial charge in [0.2, 0.25) is 0 Å². The smallest absolute Gasteiger partial charge is 0.139 e. The first-order chi connectivity index (χ1) is 29.0. The van der Waals surface area contributed by atoms with Gasteiger partial charge in [0.15, 0.2) is 0 Å². The highest BCUT2D eigenvalue weighted by Gasteiger charge is 2.35. The van der Waals surface area contributed by atoms with Gasteiger partial charge < -0.3 is 8.83 Å². The lowest BCUT2D eigenvalue weighted by Gasteiger charge is -2.22. The minimum absolute atomic E-state index is 0.0301. The molecular formula is C57H36O2. The van der Waals surface area contributed by atoms with Gasteiger partial charge >= 0.3 is 0 Å². The third-order valence-electron chi connectivity index (χ3n) is 13.3. The van der Waals surface area contributed by atoms with Crippen LogP contribution in [0.3, 0.4) is 0 Å². The van der Waals surface area contributed by atoms with Crippen molar-refractivity contribution in [1.29, 1.82) is 0 Å². The normalized spacial score (nSPS) is 13.4. The molecule has 2 heterocycles. The van der Waals surface area contributed by atoms with E-state index in [0.29, 0.717) is 0 Å². The zero-order chi connectivity index (χ0) is 39.0. The maximum absolute atomic E-state index is 6.66. The Kier molecular flexibility index (Phi) is 6.54. The Bertz CT molecular complexity index is 3690. The molecule has 0 aliphatic heterocycles. The second-order valence-electron chi connectivity index (χ2n) is 16.7. The Hall–Kier alpha value is -7.42. The molecule has 10 aromatic carbocycles. The molecule has 0 atom stereocenters. The highest BCUT2D eigenvalue weighted by Crippen LogP contribution is 2.51. The van der Waals surface area contributed by atoms with Crippen LogP contribution in [0.5, 0.6) is 0 Å².